The van der Waals surface area contributed by atoms with E-state index in [0.29, 0.717) is 11.3 Å². The van der Waals surface area contributed by atoms with Crippen molar-refractivity contribution < 1.29 is 14.8 Å². The Balaban J connectivity index is 1.99. The lowest BCUT2D eigenvalue weighted by Crippen LogP contribution is -2.24. The van der Waals surface area contributed by atoms with E-state index in [9.17, 15) is 20.0 Å². The van der Waals surface area contributed by atoms with Crippen molar-refractivity contribution in [2.45, 2.75) is 6.92 Å². The number of hydrogen-bond donors (Lipinski definition) is 3. The smallest absolute Gasteiger partial charge is 0.339 e. The Bertz CT molecular complexity index is 774. The number of anilines is 1. The Hall–Kier alpha value is -3.42. The van der Waals surface area contributed by atoms with Gasteiger partial charge in [0, 0.05) is 17.3 Å². The Kier molecular flexibility index (Phi) is 4.88. The van der Waals surface area contributed by atoms with Crippen LogP contribution >= 0.6 is 0 Å². The molecule has 8 heteroatoms. The van der Waals surface area contributed by atoms with Crippen molar-refractivity contribution >= 4 is 23.6 Å². The second-order valence-electron chi connectivity index (χ2n) is 4.64. The highest BCUT2D eigenvalue weighted by Gasteiger charge is 2.12. The van der Waals surface area contributed by atoms with Gasteiger partial charge in [-0.3, -0.25) is 10.1 Å². The highest BCUT2D eigenvalue weighted by molar-refractivity contribution is 5.91. The topological polar surface area (TPSA) is 117 Å². The molecule has 0 spiro atoms. The molecule has 3 N–H and O–H groups in total. The summed E-state index contributed by atoms with van der Waals surface area (Å²) in [6.45, 7) is 1.86. The Labute approximate surface area is 131 Å². The van der Waals surface area contributed by atoms with Crippen LogP contribution in [0.1, 0.15) is 11.1 Å². The molecule has 0 saturated carbocycles. The summed E-state index contributed by atoms with van der Waals surface area (Å²) in [6, 6.07) is 10.5. The summed E-state index contributed by atoms with van der Waals surface area (Å²) in [4.78, 5) is 21.7. The minimum absolute atomic E-state index is 0.366. The van der Waals surface area contributed by atoms with Crippen LogP contribution in [-0.4, -0.2) is 22.3 Å². The quantitative estimate of drug-likeness (QED) is 0.457. The van der Waals surface area contributed by atoms with Crippen LogP contribution in [0.2, 0.25) is 0 Å². The normalized spacial score (nSPS) is 10.5. The number of phenolic OH excluding ortho intramolecular Hbond substituents is 1. The molecule has 0 aliphatic carbocycles. The van der Waals surface area contributed by atoms with Gasteiger partial charge >= 0.3 is 11.7 Å². The summed E-state index contributed by atoms with van der Waals surface area (Å²) < 4.78 is 0. The van der Waals surface area contributed by atoms with Gasteiger partial charge in [-0.1, -0.05) is 18.2 Å². The Morgan fingerprint density at radius 2 is 2.04 bits per heavy atom. The average Bonchev–Trinajstić information content (AvgIpc) is 2.51. The van der Waals surface area contributed by atoms with Crippen molar-refractivity contribution in [3.05, 3.63) is 63.7 Å². The third kappa shape index (κ3) is 4.27. The van der Waals surface area contributed by atoms with Crippen LogP contribution in [0.25, 0.3) is 0 Å². The van der Waals surface area contributed by atoms with Crippen LogP contribution in [0.15, 0.2) is 47.6 Å². The molecule has 0 aliphatic heterocycles. The summed E-state index contributed by atoms with van der Waals surface area (Å²) in [6.07, 6.45) is 1.24. The number of rotatable bonds is 4. The first kappa shape index (κ1) is 16.0. The largest absolute Gasteiger partial charge is 0.502 e. The molecule has 0 fully saturated rings. The Morgan fingerprint density at radius 3 is 2.74 bits per heavy atom. The van der Waals surface area contributed by atoms with Crippen LogP contribution < -0.4 is 10.7 Å². The highest BCUT2D eigenvalue weighted by atomic mass is 16.6. The van der Waals surface area contributed by atoms with Crippen molar-refractivity contribution in [1.82, 2.24) is 5.43 Å². The molecule has 0 atom stereocenters. The lowest BCUT2D eigenvalue weighted by molar-refractivity contribution is -0.385. The molecule has 0 aliphatic rings. The molecule has 0 aromatic heterocycles. The number of nitro benzene ring substituents is 1. The van der Waals surface area contributed by atoms with E-state index in [0.717, 1.165) is 11.6 Å². The van der Waals surface area contributed by atoms with Crippen molar-refractivity contribution in [3.8, 4) is 5.75 Å². The van der Waals surface area contributed by atoms with Gasteiger partial charge in [0.05, 0.1) is 11.1 Å². The van der Waals surface area contributed by atoms with E-state index in [1.807, 2.05) is 19.1 Å². The first-order valence-electron chi connectivity index (χ1n) is 6.60. The number of para-hydroxylation sites is 1. The second-order valence-corrected chi connectivity index (χ2v) is 4.64. The molecule has 0 bridgehead atoms. The van der Waals surface area contributed by atoms with E-state index in [4.69, 9.17) is 0 Å². The van der Waals surface area contributed by atoms with Crippen molar-refractivity contribution in [3.63, 3.8) is 0 Å². The highest BCUT2D eigenvalue weighted by Crippen LogP contribution is 2.25. The molecule has 2 amide bonds. The molecule has 118 valence electrons. The number of aryl methyl sites for hydroxylation is 1. The van der Waals surface area contributed by atoms with E-state index in [1.165, 1.54) is 18.3 Å². The zero-order chi connectivity index (χ0) is 16.8. The van der Waals surface area contributed by atoms with Gasteiger partial charge in [0.15, 0.2) is 5.75 Å². The summed E-state index contributed by atoms with van der Waals surface area (Å²) in [7, 11) is 0. The fraction of sp³-hybridized carbons (Fsp3) is 0.0667. The molecule has 23 heavy (non-hydrogen) atoms. The van der Waals surface area contributed by atoms with Crippen LogP contribution in [0.3, 0.4) is 0 Å². The number of carbonyl (C=O) groups is 1. The van der Waals surface area contributed by atoms with Crippen molar-refractivity contribution in [2.24, 2.45) is 5.10 Å². The Morgan fingerprint density at radius 1 is 1.30 bits per heavy atom. The average molecular weight is 314 g/mol. The van der Waals surface area contributed by atoms with E-state index in [1.54, 1.807) is 12.1 Å². The minimum Gasteiger partial charge on any atom is -0.502 e. The fourth-order valence-electron chi connectivity index (χ4n) is 1.80. The SMILES string of the molecule is Cc1ccccc1NC(=O)N/N=C\c1ccc(O)c([N+](=O)[O-])c1. The summed E-state index contributed by atoms with van der Waals surface area (Å²) in [5, 5.41) is 26.4. The van der Waals surface area contributed by atoms with Crippen LogP contribution in [0.5, 0.6) is 5.75 Å². The summed E-state index contributed by atoms with van der Waals surface area (Å²) in [5.41, 5.74) is 3.75. The maximum atomic E-state index is 11.7. The fourth-order valence-corrected chi connectivity index (χ4v) is 1.80. The molecular formula is C15H14N4O4. The van der Waals surface area contributed by atoms with Gasteiger partial charge in [0.25, 0.3) is 0 Å². The van der Waals surface area contributed by atoms with Gasteiger partial charge < -0.3 is 10.4 Å². The van der Waals surface area contributed by atoms with Crippen LogP contribution in [-0.2, 0) is 0 Å². The minimum atomic E-state index is -0.703. The number of benzene rings is 2. The van der Waals surface area contributed by atoms with Gasteiger partial charge in [-0.15, -0.1) is 0 Å². The lowest BCUT2D eigenvalue weighted by atomic mass is 10.2. The molecule has 0 radical (unpaired) electrons. The number of phenols is 1. The number of aromatic hydroxyl groups is 1. The number of nitrogens with one attached hydrogen (secondary N) is 2. The predicted octanol–water partition coefficient (Wildman–Crippen LogP) is 2.76. The van der Waals surface area contributed by atoms with Crippen molar-refractivity contribution in [1.29, 1.82) is 0 Å². The van der Waals surface area contributed by atoms with Gasteiger partial charge in [-0.25, -0.2) is 10.2 Å². The van der Waals surface area contributed by atoms with E-state index < -0.39 is 22.4 Å². The maximum absolute atomic E-state index is 11.7. The number of nitrogens with zero attached hydrogens (tertiary/aromatic N) is 2. The molecule has 2 aromatic carbocycles. The second kappa shape index (κ2) is 7.03. The monoisotopic (exact) mass is 314 g/mol. The number of nitro groups is 1. The molecular weight excluding hydrogens is 300 g/mol. The van der Waals surface area contributed by atoms with Gasteiger partial charge in [0.1, 0.15) is 0 Å². The molecule has 0 heterocycles. The van der Waals surface area contributed by atoms with Crippen LogP contribution in [0.4, 0.5) is 16.2 Å². The zero-order valence-electron chi connectivity index (χ0n) is 12.2. The zero-order valence-corrected chi connectivity index (χ0v) is 12.2. The number of hydrazone groups is 1. The first-order chi connectivity index (χ1) is 11.0. The lowest BCUT2D eigenvalue weighted by Gasteiger charge is -2.06. The van der Waals surface area contributed by atoms with Crippen molar-refractivity contribution in [2.75, 3.05) is 5.32 Å². The molecule has 8 nitrogen and oxygen atoms in total. The third-order valence-corrected chi connectivity index (χ3v) is 2.97. The molecule has 0 saturated heterocycles. The van der Waals surface area contributed by atoms with Gasteiger partial charge in [-0.05, 0) is 30.7 Å². The van der Waals surface area contributed by atoms with E-state index >= 15 is 0 Å². The number of hydrogen-bond acceptors (Lipinski definition) is 5. The third-order valence-electron chi connectivity index (χ3n) is 2.97. The molecule has 0 unspecified atom stereocenters. The molecule has 2 aromatic rings. The number of urea groups is 1. The van der Waals surface area contributed by atoms with Gasteiger partial charge in [0.2, 0.25) is 0 Å². The van der Waals surface area contributed by atoms with Gasteiger partial charge in [-0.2, -0.15) is 5.10 Å². The van der Waals surface area contributed by atoms with Crippen LogP contribution in [0, 0.1) is 17.0 Å². The summed E-state index contributed by atoms with van der Waals surface area (Å²) in [5.74, 6) is -0.433. The summed E-state index contributed by atoms with van der Waals surface area (Å²) >= 11 is 0. The predicted molar refractivity (Wildman–Crippen MR) is 85.7 cm³/mol. The number of carbonyl (C=O) groups excluding carboxylic acids is 1. The standard InChI is InChI=1S/C15H14N4O4/c1-10-4-2-3-5-12(10)17-15(21)18-16-9-11-6-7-14(20)13(8-11)19(22)23/h2-9,20H,1H3,(H2,17,18,21)/b16-9-. The maximum Gasteiger partial charge on any atom is 0.339 e. The number of amides is 2. The van der Waals surface area contributed by atoms with E-state index in [-0.39, 0.29) is 0 Å². The molecule has 2 rings (SSSR count). The van der Waals surface area contributed by atoms with E-state index in [2.05, 4.69) is 15.8 Å². The first-order valence-corrected chi connectivity index (χ1v) is 6.60.